The highest BCUT2D eigenvalue weighted by molar-refractivity contribution is 7.11. The second-order valence-corrected chi connectivity index (χ2v) is 9.13. The number of rotatable bonds is 7. The normalized spacial score (nSPS) is 20.2. The third kappa shape index (κ3) is 4.91. The molecule has 0 bridgehead atoms. The lowest BCUT2D eigenvalue weighted by Crippen LogP contribution is -2.29. The molecule has 1 aliphatic rings. The third-order valence-corrected chi connectivity index (χ3v) is 7.26. The Balaban J connectivity index is 1.37. The third-order valence-electron chi connectivity index (χ3n) is 5.85. The highest BCUT2D eigenvalue weighted by atomic mass is 32.1. The van der Waals surface area contributed by atoms with E-state index >= 15 is 0 Å². The van der Waals surface area contributed by atoms with Crippen molar-refractivity contribution in [2.24, 2.45) is 7.05 Å². The molecule has 160 valence electrons. The van der Waals surface area contributed by atoms with Gasteiger partial charge in [0.1, 0.15) is 16.4 Å². The Morgan fingerprint density at radius 1 is 1.17 bits per heavy atom. The van der Waals surface area contributed by atoms with Crippen LogP contribution in [0.15, 0.2) is 42.6 Å². The molecule has 2 aromatic heterocycles. The quantitative estimate of drug-likeness (QED) is 0.624. The molecule has 3 heterocycles. The second-order valence-electron chi connectivity index (χ2n) is 8.05. The van der Waals surface area contributed by atoms with Crippen LogP contribution in [0.3, 0.4) is 0 Å². The van der Waals surface area contributed by atoms with Crippen molar-refractivity contribution in [1.29, 1.82) is 0 Å². The lowest BCUT2D eigenvalue weighted by molar-refractivity contribution is 0.0206. The standard InChI is InChI=1S/C23H30N4O2S/c1-18-21(10-16-29-20-7-4-3-5-8-20)30-22(25-18)23(28)11-6-14-27(15-12-23)17-19-9-13-24-26(19)2/h3-5,7-9,13,28H,6,10-12,14-17H2,1-2H3/t23-/m1/s1. The summed E-state index contributed by atoms with van der Waals surface area (Å²) in [5.41, 5.74) is 1.37. The molecule has 0 spiro atoms. The van der Waals surface area contributed by atoms with Crippen LogP contribution in [0.2, 0.25) is 0 Å². The summed E-state index contributed by atoms with van der Waals surface area (Å²) >= 11 is 1.64. The maximum absolute atomic E-state index is 11.4. The first-order valence-electron chi connectivity index (χ1n) is 10.6. The van der Waals surface area contributed by atoms with Crippen LogP contribution >= 0.6 is 11.3 Å². The molecular formula is C23H30N4O2S. The summed E-state index contributed by atoms with van der Waals surface area (Å²) in [7, 11) is 1.98. The van der Waals surface area contributed by atoms with Gasteiger partial charge in [-0.25, -0.2) is 4.98 Å². The fraction of sp³-hybridized carbons (Fsp3) is 0.478. The largest absolute Gasteiger partial charge is 0.493 e. The van der Waals surface area contributed by atoms with E-state index in [1.807, 2.05) is 55.2 Å². The van der Waals surface area contributed by atoms with Gasteiger partial charge in [-0.05, 0) is 50.9 Å². The first-order chi connectivity index (χ1) is 14.5. The molecule has 0 aliphatic carbocycles. The zero-order chi connectivity index (χ0) is 21.0. The number of hydrogen-bond donors (Lipinski definition) is 1. The Morgan fingerprint density at radius 2 is 2.00 bits per heavy atom. The van der Waals surface area contributed by atoms with Gasteiger partial charge in [-0.2, -0.15) is 5.10 Å². The van der Waals surface area contributed by atoms with Crippen LogP contribution in [0.25, 0.3) is 0 Å². The average Bonchev–Trinajstić information content (AvgIpc) is 3.26. The first kappa shape index (κ1) is 21.0. The van der Waals surface area contributed by atoms with E-state index in [4.69, 9.17) is 9.72 Å². The summed E-state index contributed by atoms with van der Waals surface area (Å²) in [5, 5.41) is 16.6. The van der Waals surface area contributed by atoms with E-state index in [0.717, 1.165) is 55.3 Å². The summed E-state index contributed by atoms with van der Waals surface area (Å²) in [6, 6.07) is 11.9. The molecule has 1 saturated heterocycles. The number of aromatic nitrogens is 3. The van der Waals surface area contributed by atoms with Crippen LogP contribution in [0.4, 0.5) is 0 Å². The molecule has 0 unspecified atom stereocenters. The lowest BCUT2D eigenvalue weighted by Gasteiger charge is -2.24. The Labute approximate surface area is 182 Å². The summed E-state index contributed by atoms with van der Waals surface area (Å²) in [6.45, 7) is 5.35. The maximum Gasteiger partial charge on any atom is 0.125 e. The molecule has 1 N–H and O–H groups in total. The van der Waals surface area contributed by atoms with Gasteiger partial charge in [0.25, 0.3) is 0 Å². The van der Waals surface area contributed by atoms with Gasteiger partial charge in [-0.15, -0.1) is 11.3 Å². The number of hydrogen-bond acceptors (Lipinski definition) is 6. The Kier molecular flexibility index (Phi) is 6.51. The van der Waals surface area contributed by atoms with Crippen molar-refractivity contribution >= 4 is 11.3 Å². The first-order valence-corrected chi connectivity index (χ1v) is 11.4. The molecular weight excluding hydrogens is 396 g/mol. The number of likely N-dealkylation sites (tertiary alicyclic amines) is 1. The molecule has 0 amide bonds. The van der Waals surface area contributed by atoms with Crippen molar-refractivity contribution < 1.29 is 9.84 Å². The summed E-state index contributed by atoms with van der Waals surface area (Å²) < 4.78 is 7.76. The minimum Gasteiger partial charge on any atom is -0.493 e. The minimum absolute atomic E-state index is 0.614. The van der Waals surface area contributed by atoms with Crippen molar-refractivity contribution in [1.82, 2.24) is 19.7 Å². The lowest BCUT2D eigenvalue weighted by atomic mass is 9.96. The Bertz CT molecular complexity index is 955. The number of nitrogens with zero attached hydrogens (tertiary/aromatic N) is 4. The van der Waals surface area contributed by atoms with Gasteiger partial charge in [0.05, 0.1) is 18.0 Å². The summed E-state index contributed by atoms with van der Waals surface area (Å²) in [4.78, 5) is 8.37. The fourth-order valence-corrected chi connectivity index (χ4v) is 5.16. The highest BCUT2D eigenvalue weighted by Crippen LogP contribution is 2.37. The number of thiazole rings is 1. The monoisotopic (exact) mass is 426 g/mol. The van der Waals surface area contributed by atoms with E-state index < -0.39 is 5.60 Å². The van der Waals surface area contributed by atoms with Crippen LogP contribution in [-0.2, 0) is 25.6 Å². The Hall–Kier alpha value is -2.22. The van der Waals surface area contributed by atoms with Gasteiger partial charge in [-0.3, -0.25) is 9.58 Å². The number of aryl methyl sites for hydroxylation is 2. The van der Waals surface area contributed by atoms with E-state index in [1.54, 1.807) is 11.3 Å². The van der Waals surface area contributed by atoms with E-state index in [2.05, 4.69) is 16.1 Å². The number of para-hydroxylation sites is 1. The minimum atomic E-state index is -0.838. The van der Waals surface area contributed by atoms with Gasteiger partial charge in [0.15, 0.2) is 0 Å². The van der Waals surface area contributed by atoms with Gasteiger partial charge in [-0.1, -0.05) is 18.2 Å². The summed E-state index contributed by atoms with van der Waals surface area (Å²) in [5.74, 6) is 0.885. The van der Waals surface area contributed by atoms with Gasteiger partial charge in [0, 0.05) is 37.6 Å². The fourth-order valence-electron chi connectivity index (χ4n) is 3.97. The van der Waals surface area contributed by atoms with E-state index in [9.17, 15) is 5.11 Å². The molecule has 1 aliphatic heterocycles. The highest BCUT2D eigenvalue weighted by Gasteiger charge is 2.35. The number of benzene rings is 1. The van der Waals surface area contributed by atoms with Crippen LogP contribution < -0.4 is 4.74 Å². The predicted octanol–water partition coefficient (Wildman–Crippen LogP) is 3.68. The van der Waals surface area contributed by atoms with Gasteiger partial charge in [0.2, 0.25) is 0 Å². The maximum atomic E-state index is 11.4. The van der Waals surface area contributed by atoms with Crippen LogP contribution in [0, 0.1) is 6.92 Å². The van der Waals surface area contributed by atoms with E-state index in [-0.39, 0.29) is 0 Å². The van der Waals surface area contributed by atoms with Crippen molar-refractivity contribution in [2.45, 2.75) is 44.8 Å². The second kappa shape index (κ2) is 9.29. The molecule has 7 heteroatoms. The smallest absolute Gasteiger partial charge is 0.125 e. The van der Waals surface area contributed by atoms with Gasteiger partial charge >= 0.3 is 0 Å². The van der Waals surface area contributed by atoms with Crippen molar-refractivity contribution in [3.63, 3.8) is 0 Å². The van der Waals surface area contributed by atoms with E-state index in [1.165, 1.54) is 10.6 Å². The molecule has 3 aromatic rings. The number of ether oxygens (including phenoxy) is 1. The predicted molar refractivity (Wildman–Crippen MR) is 119 cm³/mol. The Morgan fingerprint density at radius 3 is 2.77 bits per heavy atom. The molecule has 0 radical (unpaired) electrons. The SMILES string of the molecule is Cc1nc([C@@]2(O)CCCN(Cc3ccnn3C)CC2)sc1CCOc1ccccc1. The van der Waals surface area contributed by atoms with Crippen LogP contribution in [0.1, 0.15) is 40.5 Å². The van der Waals surface area contributed by atoms with E-state index in [0.29, 0.717) is 13.0 Å². The van der Waals surface area contributed by atoms with Crippen molar-refractivity contribution in [3.05, 3.63) is 63.9 Å². The topological polar surface area (TPSA) is 63.4 Å². The molecule has 1 atom stereocenters. The van der Waals surface area contributed by atoms with Crippen LogP contribution in [0.5, 0.6) is 5.75 Å². The number of aliphatic hydroxyl groups is 1. The zero-order valence-electron chi connectivity index (χ0n) is 17.8. The molecule has 1 aromatic carbocycles. The van der Waals surface area contributed by atoms with Gasteiger partial charge < -0.3 is 9.84 Å². The van der Waals surface area contributed by atoms with Crippen molar-refractivity contribution in [3.8, 4) is 5.75 Å². The average molecular weight is 427 g/mol. The molecule has 4 rings (SSSR count). The molecule has 1 fully saturated rings. The molecule has 0 saturated carbocycles. The van der Waals surface area contributed by atoms with Crippen LogP contribution in [-0.4, -0.2) is 44.5 Å². The molecule has 6 nitrogen and oxygen atoms in total. The zero-order valence-corrected chi connectivity index (χ0v) is 18.6. The summed E-state index contributed by atoms with van der Waals surface area (Å²) in [6.07, 6.45) is 5.06. The molecule has 30 heavy (non-hydrogen) atoms. The van der Waals surface area contributed by atoms with Crippen molar-refractivity contribution in [2.75, 3.05) is 19.7 Å².